The monoisotopic (exact) mass is 615 g/mol. The van der Waals surface area contributed by atoms with E-state index in [2.05, 4.69) is 37.0 Å². The molecule has 36 heavy (non-hydrogen) atoms. The molecule has 9 heteroatoms. The van der Waals surface area contributed by atoms with Crippen molar-refractivity contribution in [3.63, 3.8) is 0 Å². The van der Waals surface area contributed by atoms with Gasteiger partial charge in [0.15, 0.2) is 11.5 Å². The maximum absolute atomic E-state index is 13.5. The lowest BCUT2D eigenvalue weighted by Gasteiger charge is -2.15. The summed E-state index contributed by atoms with van der Waals surface area (Å²) in [5.41, 5.74) is 1.78. The Morgan fingerprint density at radius 2 is 1.97 bits per heavy atom. The first-order valence-corrected chi connectivity index (χ1v) is 12.9. The first-order valence-electron chi connectivity index (χ1n) is 11.3. The maximum atomic E-state index is 13.5. The van der Waals surface area contributed by atoms with E-state index in [0.29, 0.717) is 43.8 Å². The lowest BCUT2D eigenvalue weighted by atomic mass is 10.1. The predicted molar refractivity (Wildman–Crippen MR) is 147 cm³/mol. The zero-order valence-corrected chi connectivity index (χ0v) is 23.1. The van der Waals surface area contributed by atoms with Crippen molar-refractivity contribution in [1.82, 2.24) is 9.66 Å². The zero-order chi connectivity index (χ0) is 25.8. The molecule has 1 heterocycles. The van der Waals surface area contributed by atoms with Gasteiger partial charge in [0.1, 0.15) is 18.2 Å². The SMILES string of the molecule is CC[C@H](C)c1nc2ccc(Br)cc2c(=O)n1N=Cc1cc(Br)c(OCc2cccc(F)c2)c(OC)c1. The number of nitrogens with zero attached hydrogens (tertiary/aromatic N) is 3. The number of ether oxygens (including phenoxy) is 2. The molecule has 4 rings (SSSR count). The van der Waals surface area contributed by atoms with Crippen molar-refractivity contribution in [3.8, 4) is 11.5 Å². The topological polar surface area (TPSA) is 65.7 Å². The lowest BCUT2D eigenvalue weighted by Crippen LogP contribution is -2.23. The van der Waals surface area contributed by atoms with Crippen molar-refractivity contribution >= 4 is 49.0 Å². The molecule has 3 aromatic carbocycles. The standard InChI is InChI=1S/C27H24Br2FN3O3/c1-4-16(2)26-32-23-9-8-19(28)13-21(23)27(34)33(26)31-14-18-11-22(29)25(24(12-18)35-3)36-15-17-6-5-7-20(30)10-17/h5-14,16H,4,15H2,1-3H3/t16-/m0/s1. The molecule has 0 aliphatic rings. The highest BCUT2D eigenvalue weighted by Crippen LogP contribution is 2.37. The Morgan fingerprint density at radius 1 is 1.17 bits per heavy atom. The van der Waals surface area contributed by atoms with Crippen LogP contribution in [0.3, 0.4) is 0 Å². The first-order chi connectivity index (χ1) is 17.3. The molecule has 1 aromatic heterocycles. The Kier molecular flexibility index (Phi) is 8.21. The minimum absolute atomic E-state index is 0.0303. The van der Waals surface area contributed by atoms with E-state index < -0.39 is 0 Å². The van der Waals surface area contributed by atoms with Crippen LogP contribution < -0.4 is 15.0 Å². The number of hydrogen-bond acceptors (Lipinski definition) is 5. The van der Waals surface area contributed by atoms with Crippen molar-refractivity contribution in [2.75, 3.05) is 7.11 Å². The third-order valence-electron chi connectivity index (χ3n) is 5.73. The number of hydrogen-bond donors (Lipinski definition) is 0. The highest BCUT2D eigenvalue weighted by atomic mass is 79.9. The van der Waals surface area contributed by atoms with Crippen molar-refractivity contribution in [2.45, 2.75) is 32.8 Å². The Bertz CT molecular complexity index is 1500. The molecule has 0 saturated carbocycles. The number of methoxy groups -OCH3 is 1. The fourth-order valence-electron chi connectivity index (χ4n) is 3.64. The predicted octanol–water partition coefficient (Wildman–Crippen LogP) is 7.04. The van der Waals surface area contributed by atoms with Crippen LogP contribution in [0.1, 0.15) is 43.1 Å². The molecule has 0 aliphatic heterocycles. The molecular weight excluding hydrogens is 593 g/mol. The molecule has 0 saturated heterocycles. The summed E-state index contributed by atoms with van der Waals surface area (Å²) >= 11 is 6.96. The van der Waals surface area contributed by atoms with Crippen LogP contribution in [0.2, 0.25) is 0 Å². The van der Waals surface area contributed by atoms with Crippen molar-refractivity contribution < 1.29 is 13.9 Å². The smallest absolute Gasteiger partial charge is 0.282 e. The van der Waals surface area contributed by atoms with Gasteiger partial charge in [-0.3, -0.25) is 4.79 Å². The summed E-state index contributed by atoms with van der Waals surface area (Å²) in [5.74, 6) is 1.25. The van der Waals surface area contributed by atoms with Gasteiger partial charge in [0.2, 0.25) is 0 Å². The minimum Gasteiger partial charge on any atom is -0.493 e. The lowest BCUT2D eigenvalue weighted by molar-refractivity contribution is 0.282. The van der Waals surface area contributed by atoms with Crippen LogP contribution in [0.25, 0.3) is 10.9 Å². The Labute approximate surface area is 225 Å². The maximum Gasteiger partial charge on any atom is 0.282 e. The minimum atomic E-state index is -0.323. The summed E-state index contributed by atoms with van der Waals surface area (Å²) in [6, 6.07) is 15.2. The van der Waals surface area contributed by atoms with Crippen LogP contribution in [-0.2, 0) is 6.61 Å². The van der Waals surface area contributed by atoms with Gasteiger partial charge in [-0.25, -0.2) is 9.37 Å². The molecule has 0 amide bonds. The van der Waals surface area contributed by atoms with Gasteiger partial charge in [0.05, 0.1) is 28.7 Å². The van der Waals surface area contributed by atoms with Crippen LogP contribution >= 0.6 is 31.9 Å². The van der Waals surface area contributed by atoms with E-state index in [1.54, 1.807) is 30.5 Å². The van der Waals surface area contributed by atoms with Crippen LogP contribution in [0, 0.1) is 5.82 Å². The molecule has 0 fully saturated rings. The first kappa shape index (κ1) is 26.0. The van der Waals surface area contributed by atoms with Crippen LogP contribution in [0.5, 0.6) is 11.5 Å². The van der Waals surface area contributed by atoms with Gasteiger partial charge in [-0.15, -0.1) is 0 Å². The van der Waals surface area contributed by atoms with Gasteiger partial charge in [-0.1, -0.05) is 41.9 Å². The van der Waals surface area contributed by atoms with Crippen molar-refractivity contribution in [2.24, 2.45) is 5.10 Å². The van der Waals surface area contributed by atoms with E-state index in [9.17, 15) is 9.18 Å². The number of fused-ring (bicyclic) bond motifs is 1. The van der Waals surface area contributed by atoms with Gasteiger partial charge in [0, 0.05) is 10.4 Å². The summed E-state index contributed by atoms with van der Waals surface area (Å²) < 4.78 is 27.7. The van der Waals surface area contributed by atoms with E-state index in [4.69, 9.17) is 14.5 Å². The quantitative estimate of drug-likeness (QED) is 0.199. The molecule has 0 N–H and O–H groups in total. The van der Waals surface area contributed by atoms with Crippen molar-refractivity contribution in [1.29, 1.82) is 0 Å². The van der Waals surface area contributed by atoms with Gasteiger partial charge in [-0.2, -0.15) is 9.78 Å². The number of aromatic nitrogens is 2. The van der Waals surface area contributed by atoms with Crippen LogP contribution in [-0.4, -0.2) is 23.0 Å². The van der Waals surface area contributed by atoms with Gasteiger partial charge < -0.3 is 9.47 Å². The highest BCUT2D eigenvalue weighted by Gasteiger charge is 2.16. The van der Waals surface area contributed by atoms with Crippen LogP contribution in [0.15, 0.2) is 73.4 Å². The summed E-state index contributed by atoms with van der Waals surface area (Å²) in [4.78, 5) is 18.1. The number of halogens is 3. The fraction of sp³-hybridized carbons (Fsp3) is 0.222. The third-order valence-corrected chi connectivity index (χ3v) is 6.82. The fourth-order valence-corrected chi connectivity index (χ4v) is 4.58. The molecule has 0 spiro atoms. The summed E-state index contributed by atoms with van der Waals surface area (Å²) in [7, 11) is 1.54. The molecule has 186 valence electrons. The second kappa shape index (κ2) is 11.3. The second-order valence-corrected chi connectivity index (χ2v) is 10.0. The molecule has 0 bridgehead atoms. The summed E-state index contributed by atoms with van der Waals surface area (Å²) in [6.07, 6.45) is 2.39. The molecule has 6 nitrogen and oxygen atoms in total. The molecule has 0 unspecified atom stereocenters. The highest BCUT2D eigenvalue weighted by molar-refractivity contribution is 9.10. The third kappa shape index (κ3) is 5.68. The molecule has 0 aliphatic carbocycles. The van der Waals surface area contributed by atoms with E-state index in [0.717, 1.165) is 10.9 Å². The molecule has 1 atom stereocenters. The number of benzene rings is 3. The van der Waals surface area contributed by atoms with Crippen molar-refractivity contribution in [3.05, 3.63) is 96.7 Å². The molecule has 4 aromatic rings. The Balaban J connectivity index is 1.70. The normalized spacial score (nSPS) is 12.3. The van der Waals surface area contributed by atoms with E-state index >= 15 is 0 Å². The van der Waals surface area contributed by atoms with Crippen LogP contribution in [0.4, 0.5) is 4.39 Å². The van der Waals surface area contributed by atoms with E-state index in [-0.39, 0.29) is 23.9 Å². The second-order valence-electron chi connectivity index (χ2n) is 8.26. The van der Waals surface area contributed by atoms with E-state index in [1.165, 1.54) is 23.9 Å². The Hall–Kier alpha value is -3.04. The Morgan fingerprint density at radius 3 is 2.69 bits per heavy atom. The molecular formula is C27H24Br2FN3O3. The average Bonchev–Trinajstić information content (AvgIpc) is 2.87. The van der Waals surface area contributed by atoms with E-state index in [1.807, 2.05) is 32.0 Å². The zero-order valence-electron chi connectivity index (χ0n) is 20.0. The van der Waals surface area contributed by atoms with Gasteiger partial charge >= 0.3 is 0 Å². The number of rotatable bonds is 8. The van der Waals surface area contributed by atoms with Gasteiger partial charge in [0.25, 0.3) is 5.56 Å². The van der Waals surface area contributed by atoms with Gasteiger partial charge in [-0.05, 0) is 75.9 Å². The summed E-state index contributed by atoms with van der Waals surface area (Å²) in [6.45, 7) is 4.23. The summed E-state index contributed by atoms with van der Waals surface area (Å²) in [5, 5.41) is 5.00. The average molecular weight is 617 g/mol. The largest absolute Gasteiger partial charge is 0.493 e. The molecule has 0 radical (unpaired) electrons.